The van der Waals surface area contributed by atoms with Crippen molar-refractivity contribution in [2.75, 3.05) is 6.79 Å². The number of ether oxygens (including phenoxy) is 2. The second-order valence-electron chi connectivity index (χ2n) is 3.92. The Morgan fingerprint density at radius 3 is 2.74 bits per heavy atom. The van der Waals surface area contributed by atoms with Gasteiger partial charge in [0.25, 0.3) is 0 Å². The molecule has 0 saturated carbocycles. The lowest BCUT2D eigenvalue weighted by molar-refractivity contribution is -0.163. The fourth-order valence-corrected chi connectivity index (χ4v) is 1.34. The van der Waals surface area contributed by atoms with E-state index < -0.39 is 18.7 Å². The van der Waals surface area contributed by atoms with Crippen LogP contribution in [0.4, 0.5) is 0 Å². The van der Waals surface area contributed by atoms with Crippen molar-refractivity contribution in [2.24, 2.45) is 0 Å². The monoisotopic (exact) mass is 264 g/mol. The van der Waals surface area contributed by atoms with E-state index in [-0.39, 0.29) is 12.2 Å². The highest BCUT2D eigenvalue weighted by molar-refractivity contribution is 5.81. The molecule has 0 bridgehead atoms. The Bertz CT molecular complexity index is 479. The summed E-state index contributed by atoms with van der Waals surface area (Å²) in [6, 6.07) is 5.22. The molecular formula is C14H16O5. The van der Waals surface area contributed by atoms with Crippen LogP contribution in [-0.4, -0.2) is 23.8 Å². The fraction of sp³-hybridized carbons (Fsp3) is 0.286. The van der Waals surface area contributed by atoms with Crippen molar-refractivity contribution in [3.63, 3.8) is 0 Å². The predicted octanol–water partition coefficient (Wildman–Crippen LogP) is 1.86. The fourth-order valence-electron chi connectivity index (χ4n) is 1.34. The first-order chi connectivity index (χ1) is 9.02. The zero-order valence-electron chi connectivity index (χ0n) is 10.7. The number of hydrogen-bond acceptors (Lipinski definition) is 5. The number of phenolic OH excluding ortho intramolecular Hbond substituents is 1. The van der Waals surface area contributed by atoms with Gasteiger partial charge in [-0.05, 0) is 30.5 Å². The minimum atomic E-state index is -0.642. The van der Waals surface area contributed by atoms with Gasteiger partial charge >= 0.3 is 11.9 Å². The second kappa shape index (κ2) is 7.20. The average molecular weight is 264 g/mol. The SMILES string of the molecule is C=CC(=O)OCOC(=O)CCc1ccc(C)c(O)c1. The van der Waals surface area contributed by atoms with E-state index in [0.29, 0.717) is 6.42 Å². The van der Waals surface area contributed by atoms with E-state index in [9.17, 15) is 14.7 Å². The molecule has 1 N–H and O–H groups in total. The molecule has 1 rings (SSSR count). The molecule has 1 aromatic rings. The van der Waals surface area contributed by atoms with E-state index >= 15 is 0 Å². The lowest BCUT2D eigenvalue weighted by Crippen LogP contribution is -2.11. The van der Waals surface area contributed by atoms with Crippen LogP contribution < -0.4 is 0 Å². The molecule has 0 aromatic heterocycles. The van der Waals surface area contributed by atoms with Crippen molar-refractivity contribution in [3.05, 3.63) is 42.0 Å². The summed E-state index contributed by atoms with van der Waals surface area (Å²) >= 11 is 0. The molecule has 102 valence electrons. The van der Waals surface area contributed by atoms with E-state index in [4.69, 9.17) is 4.74 Å². The highest BCUT2D eigenvalue weighted by Crippen LogP contribution is 2.18. The van der Waals surface area contributed by atoms with Crippen molar-refractivity contribution in [3.8, 4) is 5.75 Å². The molecule has 0 saturated heterocycles. The van der Waals surface area contributed by atoms with Crippen molar-refractivity contribution in [1.82, 2.24) is 0 Å². The van der Waals surface area contributed by atoms with Crippen molar-refractivity contribution >= 4 is 11.9 Å². The summed E-state index contributed by atoms with van der Waals surface area (Å²) in [6.45, 7) is 4.59. The van der Waals surface area contributed by atoms with Gasteiger partial charge in [0.1, 0.15) is 5.75 Å². The summed E-state index contributed by atoms with van der Waals surface area (Å²) in [7, 11) is 0. The smallest absolute Gasteiger partial charge is 0.333 e. The molecular weight excluding hydrogens is 248 g/mol. The number of hydrogen-bond donors (Lipinski definition) is 1. The summed E-state index contributed by atoms with van der Waals surface area (Å²) in [4.78, 5) is 22.0. The van der Waals surface area contributed by atoms with Gasteiger partial charge in [-0.15, -0.1) is 0 Å². The van der Waals surface area contributed by atoms with Gasteiger partial charge in [0.2, 0.25) is 6.79 Å². The summed E-state index contributed by atoms with van der Waals surface area (Å²) in [5.74, 6) is -0.918. The van der Waals surface area contributed by atoms with Gasteiger partial charge in [-0.1, -0.05) is 18.7 Å². The third-order valence-corrected chi connectivity index (χ3v) is 2.48. The van der Waals surface area contributed by atoms with E-state index in [1.54, 1.807) is 19.1 Å². The molecule has 0 aliphatic carbocycles. The molecule has 0 heterocycles. The van der Waals surface area contributed by atoms with Gasteiger partial charge in [0.15, 0.2) is 0 Å². The van der Waals surface area contributed by atoms with Gasteiger partial charge in [0, 0.05) is 12.5 Å². The molecule has 0 aliphatic heterocycles. The van der Waals surface area contributed by atoms with Gasteiger partial charge in [-0.25, -0.2) is 4.79 Å². The van der Waals surface area contributed by atoms with Crippen molar-refractivity contribution < 1.29 is 24.2 Å². The number of benzene rings is 1. The van der Waals surface area contributed by atoms with Crippen LogP contribution in [0, 0.1) is 6.92 Å². The van der Waals surface area contributed by atoms with Crippen LogP contribution >= 0.6 is 0 Å². The topological polar surface area (TPSA) is 72.8 Å². The third-order valence-electron chi connectivity index (χ3n) is 2.48. The number of aryl methyl sites for hydroxylation is 2. The lowest BCUT2D eigenvalue weighted by atomic mass is 10.1. The molecule has 0 amide bonds. The molecule has 0 radical (unpaired) electrons. The Labute approximate surface area is 111 Å². The number of rotatable bonds is 6. The highest BCUT2D eigenvalue weighted by Gasteiger charge is 2.06. The summed E-state index contributed by atoms with van der Waals surface area (Å²) in [5.41, 5.74) is 1.62. The molecule has 0 atom stereocenters. The second-order valence-corrected chi connectivity index (χ2v) is 3.92. The van der Waals surface area contributed by atoms with Crippen molar-refractivity contribution in [2.45, 2.75) is 19.8 Å². The largest absolute Gasteiger partial charge is 0.508 e. The maximum Gasteiger partial charge on any atom is 0.333 e. The Morgan fingerprint density at radius 2 is 2.11 bits per heavy atom. The average Bonchev–Trinajstić information content (AvgIpc) is 2.40. The van der Waals surface area contributed by atoms with Gasteiger partial charge in [-0.3, -0.25) is 4.79 Å². The molecule has 0 unspecified atom stereocenters. The molecule has 5 heteroatoms. The molecule has 0 spiro atoms. The quantitative estimate of drug-likeness (QED) is 0.482. The molecule has 19 heavy (non-hydrogen) atoms. The minimum Gasteiger partial charge on any atom is -0.508 e. The van der Waals surface area contributed by atoms with Crippen LogP contribution in [-0.2, 0) is 25.5 Å². The summed E-state index contributed by atoms with van der Waals surface area (Å²) in [5, 5.41) is 9.51. The van der Waals surface area contributed by atoms with Crippen LogP contribution in [0.1, 0.15) is 17.5 Å². The van der Waals surface area contributed by atoms with Gasteiger partial charge < -0.3 is 14.6 Å². The van der Waals surface area contributed by atoms with Crippen LogP contribution in [0.15, 0.2) is 30.9 Å². The van der Waals surface area contributed by atoms with Crippen LogP contribution in [0.3, 0.4) is 0 Å². The van der Waals surface area contributed by atoms with Crippen molar-refractivity contribution in [1.29, 1.82) is 0 Å². The van der Waals surface area contributed by atoms with Crippen LogP contribution in [0.2, 0.25) is 0 Å². The first kappa shape index (κ1) is 14.8. The third kappa shape index (κ3) is 5.25. The zero-order valence-corrected chi connectivity index (χ0v) is 10.7. The molecule has 5 nitrogen and oxygen atoms in total. The van der Waals surface area contributed by atoms with Crippen LogP contribution in [0.25, 0.3) is 0 Å². The molecule has 1 aromatic carbocycles. The Hall–Kier alpha value is -2.30. The van der Waals surface area contributed by atoms with E-state index in [1.807, 2.05) is 6.07 Å². The number of phenols is 1. The normalized spacial score (nSPS) is 9.74. The first-order valence-electron chi connectivity index (χ1n) is 5.76. The lowest BCUT2D eigenvalue weighted by Gasteiger charge is -2.06. The van der Waals surface area contributed by atoms with E-state index in [2.05, 4.69) is 11.3 Å². The van der Waals surface area contributed by atoms with Gasteiger partial charge in [0.05, 0.1) is 0 Å². The number of carbonyl (C=O) groups is 2. The molecule has 0 fully saturated rings. The summed E-state index contributed by atoms with van der Waals surface area (Å²) in [6.07, 6.45) is 1.58. The Kier molecular flexibility index (Phi) is 5.60. The Balaban J connectivity index is 2.31. The Morgan fingerprint density at radius 1 is 1.37 bits per heavy atom. The maximum absolute atomic E-state index is 11.3. The zero-order chi connectivity index (χ0) is 14.3. The summed E-state index contributed by atoms with van der Waals surface area (Å²) < 4.78 is 9.21. The number of esters is 2. The predicted molar refractivity (Wildman–Crippen MR) is 68.4 cm³/mol. The van der Waals surface area contributed by atoms with Gasteiger partial charge in [-0.2, -0.15) is 0 Å². The highest BCUT2D eigenvalue weighted by atomic mass is 16.7. The standard InChI is InChI=1S/C14H16O5/c1-3-13(16)18-9-19-14(17)7-6-11-5-4-10(2)12(15)8-11/h3-5,8,15H,1,6-7,9H2,2H3. The van der Waals surface area contributed by atoms with E-state index in [0.717, 1.165) is 17.2 Å². The maximum atomic E-state index is 11.3. The number of carbonyl (C=O) groups excluding carboxylic acids is 2. The van der Waals surface area contributed by atoms with Crippen LogP contribution in [0.5, 0.6) is 5.75 Å². The first-order valence-corrected chi connectivity index (χ1v) is 5.76. The number of aromatic hydroxyl groups is 1. The minimum absolute atomic E-state index is 0.147. The van der Waals surface area contributed by atoms with E-state index in [1.165, 1.54) is 0 Å². The molecule has 0 aliphatic rings.